The molecule has 1 unspecified atom stereocenters. The first-order valence-corrected chi connectivity index (χ1v) is 4.95. The van der Waals surface area contributed by atoms with E-state index in [-0.39, 0.29) is 18.7 Å². The number of hydrogen-bond donors (Lipinski definition) is 0. The molecule has 0 spiro atoms. The molecule has 3 nitrogen and oxygen atoms in total. The van der Waals surface area contributed by atoms with Gasteiger partial charge in [-0.3, -0.25) is 0 Å². The van der Waals surface area contributed by atoms with E-state index in [2.05, 4.69) is 20.7 Å². The number of carbonyl (C=O) groups is 1. The molecule has 0 rings (SSSR count). The van der Waals surface area contributed by atoms with Crippen LogP contribution in [0.5, 0.6) is 0 Å². The maximum atomic E-state index is 10.8. The monoisotopic (exact) mass is 250 g/mol. The smallest absolute Gasteiger partial charge is 0.331 e. The van der Waals surface area contributed by atoms with Crippen LogP contribution in [0.25, 0.3) is 0 Å². The van der Waals surface area contributed by atoms with Gasteiger partial charge in [0.2, 0.25) is 0 Å². The third-order valence-corrected chi connectivity index (χ3v) is 2.55. The second-order valence-corrected chi connectivity index (χ2v) is 3.37. The number of ether oxygens (including phenoxy) is 2. The van der Waals surface area contributed by atoms with Gasteiger partial charge < -0.3 is 9.47 Å². The number of allylic oxidation sites excluding steroid dienone is 1. The number of hydrogen-bond acceptors (Lipinski definition) is 3. The summed E-state index contributed by atoms with van der Waals surface area (Å²) >= 11 is 3.36. The molecule has 76 valence electrons. The maximum absolute atomic E-state index is 10.8. The van der Waals surface area contributed by atoms with Crippen molar-refractivity contribution in [3.8, 4) is 0 Å². The van der Waals surface area contributed by atoms with Crippen molar-refractivity contribution in [2.75, 3.05) is 13.7 Å². The average molecular weight is 251 g/mol. The first-order valence-electron chi connectivity index (χ1n) is 4.15. The van der Waals surface area contributed by atoms with Crippen LogP contribution in [-0.4, -0.2) is 25.8 Å². The zero-order valence-electron chi connectivity index (χ0n) is 8.17. The zero-order valence-corrected chi connectivity index (χ0v) is 9.76. The van der Waals surface area contributed by atoms with Gasteiger partial charge in [0.1, 0.15) is 6.61 Å². The van der Waals surface area contributed by atoms with Crippen LogP contribution in [0.2, 0.25) is 0 Å². The third kappa shape index (κ3) is 5.05. The van der Waals surface area contributed by atoms with Crippen LogP contribution in [0.1, 0.15) is 20.3 Å². The summed E-state index contributed by atoms with van der Waals surface area (Å²) in [7, 11) is 1.34. The van der Waals surface area contributed by atoms with E-state index in [1.165, 1.54) is 7.11 Å². The lowest BCUT2D eigenvalue weighted by Crippen LogP contribution is -2.18. The highest BCUT2D eigenvalue weighted by atomic mass is 79.9. The van der Waals surface area contributed by atoms with Gasteiger partial charge in [0, 0.05) is 4.48 Å². The van der Waals surface area contributed by atoms with Crippen LogP contribution in [0, 0.1) is 0 Å². The Hall–Kier alpha value is -0.350. The lowest BCUT2D eigenvalue weighted by molar-refractivity contribution is -0.147. The Labute approximate surface area is 87.2 Å². The molecule has 0 N–H and O–H groups in total. The van der Waals surface area contributed by atoms with E-state index in [1.54, 1.807) is 0 Å². The molecule has 0 bridgehead atoms. The van der Waals surface area contributed by atoms with Gasteiger partial charge in [0.15, 0.2) is 0 Å². The minimum Gasteiger partial charge on any atom is -0.467 e. The molecule has 13 heavy (non-hydrogen) atoms. The number of rotatable bonds is 5. The first kappa shape index (κ1) is 12.7. The fourth-order valence-electron chi connectivity index (χ4n) is 0.806. The van der Waals surface area contributed by atoms with Crippen LogP contribution in [-0.2, 0) is 14.3 Å². The number of esters is 1. The Morgan fingerprint density at radius 3 is 2.62 bits per heavy atom. The predicted molar refractivity (Wildman–Crippen MR) is 54.7 cm³/mol. The molecule has 0 aliphatic carbocycles. The van der Waals surface area contributed by atoms with Crippen molar-refractivity contribution >= 4 is 21.9 Å². The minimum absolute atomic E-state index is 0.00204. The largest absolute Gasteiger partial charge is 0.467 e. The Morgan fingerprint density at radius 2 is 2.23 bits per heavy atom. The number of halogens is 1. The molecule has 0 saturated carbocycles. The van der Waals surface area contributed by atoms with Crippen molar-refractivity contribution in [1.82, 2.24) is 0 Å². The van der Waals surface area contributed by atoms with Crippen LogP contribution in [0.3, 0.4) is 0 Å². The molecule has 0 fully saturated rings. The molecule has 0 heterocycles. The van der Waals surface area contributed by atoms with Crippen LogP contribution < -0.4 is 0 Å². The Bertz CT molecular complexity index is 189. The molecule has 4 heteroatoms. The standard InChI is InChI=1S/C9H15BrO3/c1-4-7(10)8(5-2)13-6-9(11)12-3/h4,8H,5-6H2,1-3H3/b7-4+. The number of carbonyl (C=O) groups excluding carboxylic acids is 1. The molecule has 0 amide bonds. The van der Waals surface area contributed by atoms with Gasteiger partial charge in [-0.1, -0.05) is 28.9 Å². The highest BCUT2D eigenvalue weighted by Gasteiger charge is 2.11. The van der Waals surface area contributed by atoms with Gasteiger partial charge in [-0.15, -0.1) is 0 Å². The summed E-state index contributed by atoms with van der Waals surface area (Å²) in [4.78, 5) is 10.8. The Balaban J connectivity index is 3.93. The van der Waals surface area contributed by atoms with Crippen LogP contribution in [0.15, 0.2) is 10.6 Å². The summed E-state index contributed by atoms with van der Waals surface area (Å²) in [5.41, 5.74) is 0. The molecule has 0 aliphatic rings. The second-order valence-electron chi connectivity index (χ2n) is 2.46. The summed E-state index contributed by atoms with van der Waals surface area (Å²) in [6.45, 7) is 3.90. The SMILES string of the molecule is C/C=C(/Br)C(CC)OCC(=O)OC. The summed E-state index contributed by atoms with van der Waals surface area (Å²) < 4.78 is 10.7. The predicted octanol–water partition coefficient (Wildman–Crippen LogP) is 2.25. The van der Waals surface area contributed by atoms with Crippen molar-refractivity contribution in [3.63, 3.8) is 0 Å². The summed E-state index contributed by atoms with van der Waals surface area (Å²) in [5, 5.41) is 0. The Morgan fingerprint density at radius 1 is 1.62 bits per heavy atom. The highest BCUT2D eigenvalue weighted by Crippen LogP contribution is 2.16. The van der Waals surface area contributed by atoms with Gasteiger partial charge in [-0.25, -0.2) is 4.79 Å². The molecule has 0 aliphatic heterocycles. The van der Waals surface area contributed by atoms with Gasteiger partial charge in [-0.2, -0.15) is 0 Å². The van der Waals surface area contributed by atoms with Gasteiger partial charge >= 0.3 is 5.97 Å². The highest BCUT2D eigenvalue weighted by molar-refractivity contribution is 9.11. The molecule has 1 atom stereocenters. The molecule has 0 saturated heterocycles. The first-order chi connectivity index (χ1) is 6.15. The lowest BCUT2D eigenvalue weighted by atomic mass is 10.2. The zero-order chi connectivity index (χ0) is 10.3. The van der Waals surface area contributed by atoms with Crippen molar-refractivity contribution in [2.45, 2.75) is 26.4 Å². The normalized spacial score (nSPS) is 14.0. The fraction of sp³-hybridized carbons (Fsp3) is 0.667. The fourth-order valence-corrected chi connectivity index (χ4v) is 1.26. The summed E-state index contributed by atoms with van der Waals surface area (Å²) in [6.07, 6.45) is 2.68. The molecule has 0 aromatic carbocycles. The van der Waals surface area contributed by atoms with Crippen LogP contribution in [0.4, 0.5) is 0 Å². The van der Waals surface area contributed by atoms with E-state index in [9.17, 15) is 4.79 Å². The minimum atomic E-state index is -0.352. The number of methoxy groups -OCH3 is 1. The summed E-state index contributed by atoms with van der Waals surface area (Å²) in [5.74, 6) is -0.352. The molecule has 0 aromatic rings. The van der Waals surface area contributed by atoms with Gasteiger partial charge in [0.25, 0.3) is 0 Å². The average Bonchev–Trinajstić information content (AvgIpc) is 2.17. The molecule has 0 radical (unpaired) electrons. The van der Waals surface area contributed by atoms with Crippen molar-refractivity contribution in [1.29, 1.82) is 0 Å². The third-order valence-electron chi connectivity index (χ3n) is 1.58. The van der Waals surface area contributed by atoms with E-state index in [0.717, 1.165) is 10.9 Å². The van der Waals surface area contributed by atoms with Gasteiger partial charge in [-0.05, 0) is 13.3 Å². The van der Waals surface area contributed by atoms with E-state index in [4.69, 9.17) is 4.74 Å². The van der Waals surface area contributed by atoms with Gasteiger partial charge in [0.05, 0.1) is 13.2 Å². The van der Waals surface area contributed by atoms with Crippen molar-refractivity contribution in [3.05, 3.63) is 10.6 Å². The molecular weight excluding hydrogens is 236 g/mol. The Kier molecular flexibility index (Phi) is 6.90. The maximum Gasteiger partial charge on any atom is 0.331 e. The van der Waals surface area contributed by atoms with E-state index in [0.29, 0.717) is 0 Å². The van der Waals surface area contributed by atoms with Crippen molar-refractivity contribution < 1.29 is 14.3 Å². The van der Waals surface area contributed by atoms with Crippen molar-refractivity contribution in [2.24, 2.45) is 0 Å². The molecular formula is C9H15BrO3. The van der Waals surface area contributed by atoms with E-state index < -0.39 is 0 Å². The topological polar surface area (TPSA) is 35.5 Å². The summed E-state index contributed by atoms with van der Waals surface area (Å²) in [6, 6.07) is 0. The quantitative estimate of drug-likeness (QED) is 0.703. The molecule has 0 aromatic heterocycles. The lowest BCUT2D eigenvalue weighted by Gasteiger charge is -2.14. The van der Waals surface area contributed by atoms with E-state index in [1.807, 2.05) is 19.9 Å². The van der Waals surface area contributed by atoms with Crippen LogP contribution >= 0.6 is 15.9 Å². The second kappa shape index (κ2) is 7.09. The van der Waals surface area contributed by atoms with E-state index >= 15 is 0 Å².